The van der Waals surface area contributed by atoms with Crippen LogP contribution in [0.5, 0.6) is 0 Å². The number of hydrogen-bond donors (Lipinski definition) is 3. The molecule has 0 bridgehead atoms. The zero-order valence-corrected chi connectivity index (χ0v) is 20.8. The quantitative estimate of drug-likeness (QED) is 0.418. The number of carbonyl (C=O) groups excluding carboxylic acids is 2. The minimum atomic E-state index is -4.80. The number of fused-ring (bicyclic) bond motifs is 3. The average molecular weight is 524 g/mol. The lowest BCUT2D eigenvalue weighted by atomic mass is 9.56. The number of pyridine rings is 1. The molecule has 0 saturated heterocycles. The molecule has 1 aliphatic carbocycles. The lowest BCUT2D eigenvalue weighted by Crippen LogP contribution is -2.55. The standard InChI is InChI=1S/C29H28F3N3O3/c1-18-23(8-5-13-33-18)35-26(37)20-9-10-22-24(14-20)34-25(36)15-21-17-28(38,29(30,31)32)12-11-27(21,22)16-19-6-3-2-4-7-19/h2-10,13-14,21,38H,11-12,15-17H2,1H3,(H,34,36)(H,35,37)/t21-,27+,28-/m1/s1. The molecular formula is C29H28F3N3O3. The first-order valence-corrected chi connectivity index (χ1v) is 12.5. The predicted molar refractivity (Wildman–Crippen MR) is 137 cm³/mol. The van der Waals surface area contributed by atoms with E-state index in [-0.39, 0.29) is 12.8 Å². The number of rotatable bonds is 4. The van der Waals surface area contributed by atoms with Gasteiger partial charge in [-0.15, -0.1) is 0 Å². The van der Waals surface area contributed by atoms with Crippen molar-refractivity contribution in [3.63, 3.8) is 0 Å². The van der Waals surface area contributed by atoms with Crippen molar-refractivity contribution in [3.8, 4) is 0 Å². The number of nitrogens with zero attached hydrogens (tertiary/aromatic N) is 1. The van der Waals surface area contributed by atoms with Crippen molar-refractivity contribution in [2.24, 2.45) is 5.92 Å². The summed E-state index contributed by atoms with van der Waals surface area (Å²) in [6.45, 7) is 1.77. The Morgan fingerprint density at radius 3 is 2.61 bits per heavy atom. The Hall–Kier alpha value is -3.72. The molecule has 3 atom stereocenters. The van der Waals surface area contributed by atoms with E-state index in [1.165, 1.54) is 0 Å². The first-order valence-electron chi connectivity index (χ1n) is 12.5. The molecule has 5 rings (SSSR count). The number of carbonyl (C=O) groups is 2. The first kappa shape index (κ1) is 25.9. The maximum absolute atomic E-state index is 13.9. The third-order valence-electron chi connectivity index (χ3n) is 8.02. The molecule has 1 saturated carbocycles. The van der Waals surface area contributed by atoms with Crippen LogP contribution in [0.1, 0.15) is 52.9 Å². The SMILES string of the molecule is Cc1ncccc1NC(=O)c1ccc2c(c1)NC(=O)C[C@@H]1C[C@@](O)(C(F)(F)F)CC[C@@]21Cc1ccccc1. The molecule has 2 aromatic carbocycles. The van der Waals surface area contributed by atoms with E-state index >= 15 is 0 Å². The minimum absolute atomic E-state index is 0.0327. The highest BCUT2D eigenvalue weighted by atomic mass is 19.4. The Balaban J connectivity index is 1.57. The van der Waals surface area contributed by atoms with Crippen LogP contribution in [-0.2, 0) is 16.6 Å². The molecule has 1 aliphatic heterocycles. The predicted octanol–water partition coefficient (Wildman–Crippen LogP) is 5.56. The van der Waals surface area contributed by atoms with Gasteiger partial charge in [-0.3, -0.25) is 14.6 Å². The van der Waals surface area contributed by atoms with Gasteiger partial charge in [-0.05, 0) is 73.9 Å². The van der Waals surface area contributed by atoms with Crippen molar-refractivity contribution >= 4 is 23.2 Å². The van der Waals surface area contributed by atoms with Crippen LogP contribution in [0.25, 0.3) is 0 Å². The number of amides is 2. The number of halogens is 3. The number of anilines is 2. The van der Waals surface area contributed by atoms with Crippen LogP contribution in [0.2, 0.25) is 0 Å². The van der Waals surface area contributed by atoms with Crippen molar-refractivity contribution in [1.29, 1.82) is 0 Å². The van der Waals surface area contributed by atoms with Gasteiger partial charge in [0.1, 0.15) is 0 Å². The molecule has 0 spiro atoms. The van der Waals surface area contributed by atoms with Crippen LogP contribution in [0.15, 0.2) is 66.9 Å². The van der Waals surface area contributed by atoms with Gasteiger partial charge in [-0.25, -0.2) is 0 Å². The molecule has 1 aromatic heterocycles. The fraction of sp³-hybridized carbons (Fsp3) is 0.345. The Morgan fingerprint density at radius 1 is 1.13 bits per heavy atom. The van der Waals surface area contributed by atoms with Crippen molar-refractivity contribution in [2.75, 3.05) is 10.6 Å². The molecule has 0 unspecified atom stereocenters. The lowest BCUT2D eigenvalue weighted by molar-refractivity contribution is -0.279. The van der Waals surface area contributed by atoms with Gasteiger partial charge < -0.3 is 15.7 Å². The largest absolute Gasteiger partial charge is 0.417 e. The van der Waals surface area contributed by atoms with Crippen molar-refractivity contribution < 1.29 is 27.9 Å². The molecule has 0 radical (unpaired) electrons. The second-order valence-corrected chi connectivity index (χ2v) is 10.4. The van der Waals surface area contributed by atoms with Gasteiger partial charge in [-0.1, -0.05) is 36.4 Å². The van der Waals surface area contributed by atoms with E-state index in [0.29, 0.717) is 34.6 Å². The fourth-order valence-corrected chi connectivity index (χ4v) is 5.97. The van der Waals surface area contributed by atoms with E-state index in [2.05, 4.69) is 15.6 Å². The molecule has 6 nitrogen and oxygen atoms in total. The summed E-state index contributed by atoms with van der Waals surface area (Å²) in [4.78, 5) is 30.2. The summed E-state index contributed by atoms with van der Waals surface area (Å²) in [6, 6.07) is 17.8. The number of aryl methyl sites for hydroxylation is 1. The van der Waals surface area contributed by atoms with Gasteiger partial charge in [0.25, 0.3) is 5.91 Å². The van der Waals surface area contributed by atoms with E-state index in [4.69, 9.17) is 0 Å². The number of hydrogen-bond acceptors (Lipinski definition) is 4. The number of nitrogens with one attached hydrogen (secondary N) is 2. The first-order chi connectivity index (χ1) is 18.0. The Labute approximate surface area is 218 Å². The second-order valence-electron chi connectivity index (χ2n) is 10.4. The lowest BCUT2D eigenvalue weighted by Gasteiger charge is -2.50. The summed E-state index contributed by atoms with van der Waals surface area (Å²) in [5.41, 5.74) is -0.209. The summed E-state index contributed by atoms with van der Waals surface area (Å²) in [6.07, 6.45) is -3.97. The number of benzene rings is 2. The van der Waals surface area contributed by atoms with Gasteiger partial charge in [0.2, 0.25) is 5.91 Å². The van der Waals surface area contributed by atoms with E-state index in [9.17, 15) is 27.9 Å². The Morgan fingerprint density at radius 2 is 1.89 bits per heavy atom. The topological polar surface area (TPSA) is 91.3 Å². The van der Waals surface area contributed by atoms with Gasteiger partial charge in [-0.2, -0.15) is 13.2 Å². The van der Waals surface area contributed by atoms with E-state index in [1.807, 2.05) is 30.3 Å². The van der Waals surface area contributed by atoms with Crippen LogP contribution in [-0.4, -0.2) is 33.7 Å². The van der Waals surface area contributed by atoms with Crippen molar-refractivity contribution in [1.82, 2.24) is 4.98 Å². The van der Waals surface area contributed by atoms with Crippen LogP contribution >= 0.6 is 0 Å². The summed E-state index contributed by atoms with van der Waals surface area (Å²) in [5.74, 6) is -1.61. The minimum Gasteiger partial charge on any atom is -0.380 e. The monoisotopic (exact) mass is 523 g/mol. The van der Waals surface area contributed by atoms with Gasteiger partial charge in [0, 0.05) is 29.3 Å². The highest BCUT2D eigenvalue weighted by molar-refractivity contribution is 6.06. The molecular weight excluding hydrogens is 495 g/mol. The molecule has 38 heavy (non-hydrogen) atoms. The van der Waals surface area contributed by atoms with Crippen LogP contribution in [0.4, 0.5) is 24.5 Å². The van der Waals surface area contributed by atoms with Gasteiger partial charge in [0.05, 0.1) is 11.4 Å². The normalized spacial score (nSPS) is 25.0. The third-order valence-corrected chi connectivity index (χ3v) is 8.02. The number of alkyl halides is 3. The van der Waals surface area contributed by atoms with Gasteiger partial charge >= 0.3 is 6.18 Å². The molecule has 198 valence electrons. The zero-order valence-electron chi connectivity index (χ0n) is 20.8. The average Bonchev–Trinajstić information content (AvgIpc) is 2.98. The second kappa shape index (κ2) is 9.54. The van der Waals surface area contributed by atoms with Crippen LogP contribution < -0.4 is 10.6 Å². The molecule has 1 fully saturated rings. The molecule has 2 aliphatic rings. The Bertz CT molecular complexity index is 1380. The number of aliphatic hydroxyl groups is 1. The Kier molecular flexibility index (Phi) is 6.51. The molecule has 9 heteroatoms. The molecule has 2 amide bonds. The highest BCUT2D eigenvalue weighted by Gasteiger charge is 2.61. The summed E-state index contributed by atoms with van der Waals surface area (Å²) in [7, 11) is 0. The molecule has 3 aromatic rings. The van der Waals surface area contributed by atoms with E-state index < -0.39 is 47.8 Å². The molecule has 2 heterocycles. The summed E-state index contributed by atoms with van der Waals surface area (Å²) >= 11 is 0. The number of aromatic nitrogens is 1. The molecule has 3 N–H and O–H groups in total. The van der Waals surface area contributed by atoms with Crippen LogP contribution in [0, 0.1) is 12.8 Å². The highest BCUT2D eigenvalue weighted by Crippen LogP contribution is 2.56. The summed E-state index contributed by atoms with van der Waals surface area (Å²) < 4.78 is 41.6. The van der Waals surface area contributed by atoms with Crippen molar-refractivity contribution in [2.45, 2.75) is 56.2 Å². The maximum atomic E-state index is 13.9. The maximum Gasteiger partial charge on any atom is 0.417 e. The third kappa shape index (κ3) is 4.67. The fourth-order valence-electron chi connectivity index (χ4n) is 5.97. The van der Waals surface area contributed by atoms with Crippen LogP contribution in [0.3, 0.4) is 0 Å². The van der Waals surface area contributed by atoms with Gasteiger partial charge in [0.15, 0.2) is 5.60 Å². The zero-order chi connectivity index (χ0) is 27.1. The van der Waals surface area contributed by atoms with Crippen molar-refractivity contribution in [3.05, 3.63) is 89.2 Å². The smallest absolute Gasteiger partial charge is 0.380 e. The summed E-state index contributed by atoms with van der Waals surface area (Å²) in [5, 5.41) is 16.3. The van der Waals surface area contributed by atoms with E-state index in [1.54, 1.807) is 43.5 Å². The van der Waals surface area contributed by atoms with E-state index in [0.717, 1.165) is 5.56 Å².